The first-order chi connectivity index (χ1) is 6.18. The van der Waals surface area contributed by atoms with Crippen molar-refractivity contribution in [1.82, 2.24) is 0 Å². The molecule has 14 heavy (non-hydrogen) atoms. The zero-order valence-corrected chi connectivity index (χ0v) is 10.5. The van der Waals surface area contributed by atoms with Crippen LogP contribution in [0.2, 0.25) is 0 Å². The summed E-state index contributed by atoms with van der Waals surface area (Å²) in [7, 11) is 0. The Hall–Kier alpha value is -0.570. The van der Waals surface area contributed by atoms with Crippen LogP contribution >= 0.6 is 0 Å². The fourth-order valence-electron chi connectivity index (χ4n) is 1.12. The van der Waals surface area contributed by atoms with Crippen LogP contribution in [0.5, 0.6) is 0 Å². The molecule has 0 bridgehead atoms. The van der Waals surface area contributed by atoms with E-state index in [0.717, 1.165) is 11.1 Å². The van der Waals surface area contributed by atoms with Gasteiger partial charge in [0.15, 0.2) is 0 Å². The van der Waals surface area contributed by atoms with Crippen molar-refractivity contribution in [2.45, 2.75) is 13.3 Å². The van der Waals surface area contributed by atoms with Crippen molar-refractivity contribution >= 4 is 41.6 Å². The molecule has 1 aromatic rings. The second-order valence-electron chi connectivity index (χ2n) is 2.97. The minimum atomic E-state index is -0.787. The van der Waals surface area contributed by atoms with Crippen LogP contribution in [0.3, 0.4) is 0 Å². The quantitative estimate of drug-likeness (QED) is 0.757. The molecule has 1 N–H and O–H groups in total. The van der Waals surface area contributed by atoms with Crippen molar-refractivity contribution in [1.29, 1.82) is 0 Å². The van der Waals surface area contributed by atoms with Gasteiger partial charge in [-0.3, -0.25) is 4.79 Å². The monoisotopic (exact) mass is 199 g/mol. The van der Waals surface area contributed by atoms with E-state index < -0.39 is 5.97 Å². The zero-order chi connectivity index (χ0) is 9.68. The Kier molecular flexibility index (Phi) is 6.54. The number of benzene rings is 1. The van der Waals surface area contributed by atoms with Crippen LogP contribution in [0, 0.1) is 0 Å². The van der Waals surface area contributed by atoms with E-state index in [4.69, 9.17) is 5.11 Å². The van der Waals surface area contributed by atoms with E-state index in [1.54, 1.807) is 0 Å². The maximum atomic E-state index is 10.4. The Labute approximate surface area is 106 Å². The number of carboxylic acids is 1. The minimum Gasteiger partial charge on any atom is -0.481 e. The molecule has 0 fully saturated rings. The third-order valence-electron chi connectivity index (χ3n) is 1.64. The van der Waals surface area contributed by atoms with E-state index >= 15 is 0 Å². The largest absolute Gasteiger partial charge is 0.481 e. The molecule has 1 radical (unpaired) electrons. The molecule has 3 heteroatoms. The summed E-state index contributed by atoms with van der Waals surface area (Å²) in [5, 5.41) is 8.52. The van der Waals surface area contributed by atoms with E-state index in [-0.39, 0.29) is 36.0 Å². The van der Waals surface area contributed by atoms with Crippen molar-refractivity contribution in [2.75, 3.05) is 0 Å². The van der Waals surface area contributed by atoms with Crippen molar-refractivity contribution in [2.24, 2.45) is 0 Å². The summed E-state index contributed by atoms with van der Waals surface area (Å²) in [6, 6.07) is 9.69. The predicted molar refractivity (Wildman–Crippen MR) is 58.1 cm³/mol. The number of carbonyl (C=O) groups is 1. The van der Waals surface area contributed by atoms with Gasteiger partial charge in [-0.15, -0.1) is 0 Å². The third kappa shape index (κ3) is 5.22. The maximum Gasteiger partial charge on any atom is 0.307 e. The van der Waals surface area contributed by atoms with E-state index in [1.165, 1.54) is 0 Å². The van der Waals surface area contributed by atoms with Gasteiger partial charge in [-0.2, -0.15) is 0 Å². The van der Waals surface area contributed by atoms with Gasteiger partial charge in [0.05, 0.1) is 6.42 Å². The number of hydrogen-bond donors (Lipinski definition) is 1. The second-order valence-corrected chi connectivity index (χ2v) is 2.97. The smallest absolute Gasteiger partial charge is 0.307 e. The summed E-state index contributed by atoms with van der Waals surface area (Å²) in [5.41, 5.74) is 1.90. The molecule has 0 saturated heterocycles. The second kappa shape index (κ2) is 6.82. The molecule has 0 aliphatic heterocycles. The fourth-order valence-corrected chi connectivity index (χ4v) is 1.12. The summed E-state index contributed by atoms with van der Waals surface area (Å²) in [4.78, 5) is 10.4. The third-order valence-corrected chi connectivity index (χ3v) is 1.64. The summed E-state index contributed by atoms with van der Waals surface area (Å²) < 4.78 is 0. The van der Waals surface area contributed by atoms with Gasteiger partial charge < -0.3 is 5.11 Å². The van der Waals surface area contributed by atoms with Crippen LogP contribution in [0.4, 0.5) is 0 Å². The molecular weight excluding hydrogens is 187 g/mol. The zero-order valence-electron chi connectivity index (χ0n) is 8.53. The SMILES string of the molecule is CC(=Cc1ccccc1)CC(=O)O.[Na]. The van der Waals surface area contributed by atoms with E-state index in [2.05, 4.69) is 0 Å². The van der Waals surface area contributed by atoms with Gasteiger partial charge in [0.1, 0.15) is 0 Å². The first-order valence-corrected chi connectivity index (χ1v) is 4.12. The van der Waals surface area contributed by atoms with Gasteiger partial charge in [-0.1, -0.05) is 42.0 Å². The van der Waals surface area contributed by atoms with Gasteiger partial charge >= 0.3 is 5.97 Å². The van der Waals surface area contributed by atoms with Crippen molar-refractivity contribution in [3.8, 4) is 0 Å². The topological polar surface area (TPSA) is 37.3 Å². The molecule has 0 spiro atoms. The minimum absolute atomic E-state index is 0. The van der Waals surface area contributed by atoms with Gasteiger partial charge in [0.25, 0.3) is 0 Å². The number of carboxylic acid groups (broad SMARTS) is 1. The maximum absolute atomic E-state index is 10.4. The van der Waals surface area contributed by atoms with Crippen LogP contribution in [0.1, 0.15) is 18.9 Å². The molecule has 0 heterocycles. The van der Waals surface area contributed by atoms with Crippen LogP contribution in [-0.2, 0) is 4.79 Å². The van der Waals surface area contributed by atoms with Crippen molar-refractivity contribution < 1.29 is 9.90 Å². The molecule has 1 rings (SSSR count). The van der Waals surface area contributed by atoms with E-state index in [1.807, 2.05) is 43.3 Å². The molecule has 0 aliphatic rings. The van der Waals surface area contributed by atoms with E-state index in [9.17, 15) is 4.79 Å². The number of rotatable bonds is 3. The first-order valence-electron chi connectivity index (χ1n) is 4.12. The molecule has 0 saturated carbocycles. The standard InChI is InChI=1S/C11H12O2.Na/c1-9(8-11(12)13)7-10-5-3-2-4-6-10;/h2-7H,8H2,1H3,(H,12,13);. The average molecular weight is 199 g/mol. The summed E-state index contributed by atoms with van der Waals surface area (Å²) in [6.07, 6.45) is 1.99. The number of hydrogen-bond acceptors (Lipinski definition) is 1. The molecule has 0 aliphatic carbocycles. The Bertz CT molecular complexity index is 317. The van der Waals surface area contributed by atoms with Crippen molar-refractivity contribution in [3.05, 3.63) is 41.5 Å². The molecular formula is C11H12NaO2. The fraction of sp³-hybridized carbons (Fsp3) is 0.182. The molecule has 0 unspecified atom stereocenters. The predicted octanol–water partition coefficient (Wildman–Crippen LogP) is 2.18. The van der Waals surface area contributed by atoms with E-state index in [0.29, 0.717) is 0 Å². The molecule has 0 aromatic heterocycles. The summed E-state index contributed by atoms with van der Waals surface area (Å²) >= 11 is 0. The van der Waals surface area contributed by atoms with Crippen molar-refractivity contribution in [3.63, 3.8) is 0 Å². The normalized spacial score (nSPS) is 10.5. The molecule has 0 atom stereocenters. The van der Waals surface area contributed by atoms with Gasteiger partial charge in [-0.25, -0.2) is 0 Å². The Balaban J connectivity index is 0.00000169. The first kappa shape index (κ1) is 13.4. The summed E-state index contributed by atoms with van der Waals surface area (Å²) in [5.74, 6) is -0.787. The van der Waals surface area contributed by atoms with Gasteiger partial charge in [0.2, 0.25) is 0 Å². The van der Waals surface area contributed by atoms with Crippen LogP contribution in [0.25, 0.3) is 6.08 Å². The summed E-state index contributed by atoms with van der Waals surface area (Å²) in [6.45, 7) is 1.82. The van der Waals surface area contributed by atoms with Gasteiger partial charge in [-0.05, 0) is 12.5 Å². The molecule has 2 nitrogen and oxygen atoms in total. The molecule has 1 aromatic carbocycles. The van der Waals surface area contributed by atoms with Gasteiger partial charge in [0, 0.05) is 29.6 Å². The average Bonchev–Trinajstić information content (AvgIpc) is 2.04. The Morgan fingerprint density at radius 3 is 2.43 bits per heavy atom. The Morgan fingerprint density at radius 1 is 1.36 bits per heavy atom. The van der Waals surface area contributed by atoms with Crippen LogP contribution in [-0.4, -0.2) is 40.6 Å². The number of aliphatic carboxylic acids is 1. The molecule has 69 valence electrons. The van der Waals surface area contributed by atoms with Crippen LogP contribution < -0.4 is 0 Å². The Morgan fingerprint density at radius 2 is 1.93 bits per heavy atom. The van der Waals surface area contributed by atoms with Crippen LogP contribution in [0.15, 0.2) is 35.9 Å². The molecule has 0 amide bonds.